The zero-order valence-electron chi connectivity index (χ0n) is 19.4. The number of fused-ring (bicyclic) bond motifs is 2. The molecule has 14 heteroatoms. The van der Waals surface area contributed by atoms with E-state index in [9.17, 15) is 30.7 Å². The molecule has 194 valence electrons. The molecule has 3 aromatic rings. The minimum atomic E-state index is -4.56. The van der Waals surface area contributed by atoms with Crippen molar-refractivity contribution in [3.8, 4) is 5.75 Å². The lowest BCUT2D eigenvalue weighted by Crippen LogP contribution is -2.36. The first-order valence-corrected chi connectivity index (χ1v) is 14.8. The van der Waals surface area contributed by atoms with E-state index in [1.54, 1.807) is 47.0 Å². The monoisotopic (exact) mass is 562 g/mol. The number of hydrogen-bond donors (Lipinski definition) is 0. The summed E-state index contributed by atoms with van der Waals surface area (Å²) < 4.78 is 76.1. The lowest BCUT2D eigenvalue weighted by atomic mass is 10.1. The van der Waals surface area contributed by atoms with Crippen LogP contribution in [0.25, 0.3) is 21.1 Å². The van der Waals surface area contributed by atoms with Crippen molar-refractivity contribution in [2.75, 3.05) is 23.0 Å². The standard InChI is InChI=1S/C23H21N3O8S3/c1-15(27)16-4-6-20-18(12-16)25(9-11-37(31,32)33)22(34-20)14-23-26(8-3-10-36(28,29)30)19-13-17(24-2)5-7-21(19)35-23/h4-7,12-14H,3,8-11H2,1H3,(H-,28,29,30,31,32,33)/p-1. The zero-order chi connectivity index (χ0) is 27.0. The van der Waals surface area contributed by atoms with Gasteiger partial charge >= 0.3 is 0 Å². The molecule has 0 spiro atoms. The van der Waals surface area contributed by atoms with Crippen LogP contribution < -0.4 is 14.2 Å². The van der Waals surface area contributed by atoms with E-state index in [1.807, 2.05) is 0 Å². The highest BCUT2D eigenvalue weighted by molar-refractivity contribution is 7.85. The van der Waals surface area contributed by atoms with Gasteiger partial charge in [0.25, 0.3) is 5.01 Å². The molecule has 0 saturated heterocycles. The van der Waals surface area contributed by atoms with Crippen molar-refractivity contribution < 1.29 is 40.0 Å². The van der Waals surface area contributed by atoms with Gasteiger partial charge < -0.3 is 18.7 Å². The third-order valence-electron chi connectivity index (χ3n) is 5.57. The maximum Gasteiger partial charge on any atom is 0.268 e. The topological polar surface area (TPSA) is 152 Å². The fraction of sp³-hybridized carbons (Fsp3) is 0.261. The Bertz CT molecular complexity index is 1690. The highest BCUT2D eigenvalue weighted by Gasteiger charge is 2.30. The van der Waals surface area contributed by atoms with Crippen LogP contribution in [0.15, 0.2) is 42.3 Å². The summed E-state index contributed by atoms with van der Waals surface area (Å²) in [5, 5.41) is 0.574. The minimum Gasteiger partial charge on any atom is -0.748 e. The normalized spacial score (nSPS) is 14.5. The van der Waals surface area contributed by atoms with E-state index >= 15 is 0 Å². The Morgan fingerprint density at radius 1 is 1.14 bits per heavy atom. The first-order chi connectivity index (χ1) is 17.3. The number of ketones is 1. The summed E-state index contributed by atoms with van der Waals surface area (Å²) in [6.45, 7) is 8.61. The molecule has 37 heavy (non-hydrogen) atoms. The molecule has 0 fully saturated rings. The van der Waals surface area contributed by atoms with Gasteiger partial charge in [0.05, 0.1) is 44.3 Å². The molecule has 1 aromatic heterocycles. The lowest BCUT2D eigenvalue weighted by Gasteiger charge is -2.19. The second-order valence-electron chi connectivity index (χ2n) is 8.21. The van der Waals surface area contributed by atoms with Crippen molar-refractivity contribution in [3.63, 3.8) is 0 Å². The van der Waals surface area contributed by atoms with Crippen LogP contribution >= 0.6 is 11.3 Å². The Kier molecular flexibility index (Phi) is 7.36. The quantitative estimate of drug-likeness (QED) is 0.166. The van der Waals surface area contributed by atoms with Crippen molar-refractivity contribution in [3.05, 3.63) is 64.3 Å². The molecule has 0 N–H and O–H groups in total. The molecule has 0 saturated carbocycles. The Morgan fingerprint density at radius 3 is 2.51 bits per heavy atom. The van der Waals surface area contributed by atoms with Crippen LogP contribution in [-0.4, -0.2) is 49.8 Å². The summed E-state index contributed by atoms with van der Waals surface area (Å²) in [5.41, 5.74) is 1.82. The summed E-state index contributed by atoms with van der Waals surface area (Å²) in [6.07, 6.45) is 1.64. The number of carbonyl (C=O) groups is 1. The van der Waals surface area contributed by atoms with Crippen LogP contribution in [0.2, 0.25) is 0 Å². The number of thiazole rings is 1. The number of carbonyl (C=O) groups excluding carboxylic acids is 1. The van der Waals surface area contributed by atoms with E-state index in [4.69, 9.17) is 11.3 Å². The molecule has 0 bridgehead atoms. The van der Waals surface area contributed by atoms with E-state index in [0.29, 0.717) is 33.2 Å². The maximum atomic E-state index is 11.9. The van der Waals surface area contributed by atoms with Crippen molar-refractivity contribution in [1.29, 1.82) is 0 Å². The second-order valence-corrected chi connectivity index (χ2v) is 12.3. The average Bonchev–Trinajstić information content (AvgIpc) is 3.32. The Hall–Kier alpha value is -3.35. The van der Waals surface area contributed by atoms with Gasteiger partial charge in [-0.3, -0.25) is 4.79 Å². The number of nitrogens with zero attached hydrogens (tertiary/aromatic N) is 3. The Morgan fingerprint density at radius 2 is 1.86 bits per heavy atom. The molecule has 0 aliphatic carbocycles. The molecule has 1 aliphatic rings. The van der Waals surface area contributed by atoms with Gasteiger partial charge in [-0.1, -0.05) is 17.4 Å². The second kappa shape index (κ2) is 10.2. The number of ether oxygens (including phenoxy) is 1. The minimum absolute atomic E-state index is 0.0297. The number of rotatable bonds is 9. The van der Waals surface area contributed by atoms with E-state index < -0.39 is 31.7 Å². The molecule has 11 nitrogen and oxygen atoms in total. The fourth-order valence-electron chi connectivity index (χ4n) is 3.86. The van der Waals surface area contributed by atoms with Gasteiger partial charge in [0.15, 0.2) is 23.8 Å². The first-order valence-electron chi connectivity index (χ1n) is 10.9. The number of hydrogen-bond acceptors (Lipinski definition) is 10. The predicted molar refractivity (Wildman–Crippen MR) is 134 cm³/mol. The summed E-state index contributed by atoms with van der Waals surface area (Å²) in [5.74, 6) is -0.928. The Balaban J connectivity index is 1.81. The molecule has 4 rings (SSSR count). The van der Waals surface area contributed by atoms with E-state index in [-0.39, 0.29) is 31.2 Å². The summed E-state index contributed by atoms with van der Waals surface area (Å²) in [7, 11) is -8.98. The van der Waals surface area contributed by atoms with Crippen molar-refractivity contribution in [2.45, 2.75) is 19.9 Å². The summed E-state index contributed by atoms with van der Waals surface area (Å²) >= 11 is 1.32. The van der Waals surface area contributed by atoms with Crippen LogP contribution in [0.1, 0.15) is 28.7 Å². The van der Waals surface area contributed by atoms with Crippen LogP contribution in [-0.2, 0) is 26.8 Å². The molecular formula is C23H20N3O8S3-. The molecular weight excluding hydrogens is 542 g/mol. The number of aromatic nitrogens is 1. The highest BCUT2D eigenvalue weighted by Crippen LogP contribution is 2.40. The molecule has 0 unspecified atom stereocenters. The smallest absolute Gasteiger partial charge is 0.268 e. The van der Waals surface area contributed by atoms with Gasteiger partial charge in [-0.15, -0.1) is 0 Å². The number of aryl methyl sites for hydroxylation is 1. The van der Waals surface area contributed by atoms with Crippen LogP contribution in [0.3, 0.4) is 0 Å². The first kappa shape index (κ1) is 26.7. The van der Waals surface area contributed by atoms with Gasteiger partial charge in [-0.05, 0) is 31.2 Å². The third kappa shape index (κ3) is 6.32. The number of Topliss-reactive ketones (excluding diaryl/α,β-unsaturated/α-hetero) is 1. The maximum absolute atomic E-state index is 11.9. The Labute approximate surface area is 217 Å². The van der Waals surface area contributed by atoms with Crippen molar-refractivity contribution >= 4 is 65.0 Å². The molecule has 0 atom stereocenters. The molecule has 0 radical (unpaired) electrons. The number of benzene rings is 2. The zero-order valence-corrected chi connectivity index (χ0v) is 21.9. The molecule has 2 aromatic carbocycles. The molecule has 0 amide bonds. The van der Waals surface area contributed by atoms with Gasteiger partial charge in [-0.2, -0.15) is 4.57 Å². The third-order valence-corrected chi connectivity index (χ3v) is 8.15. The van der Waals surface area contributed by atoms with Gasteiger partial charge in [-0.25, -0.2) is 21.7 Å². The van der Waals surface area contributed by atoms with E-state index in [1.165, 1.54) is 23.2 Å². The molecule has 1 aliphatic heterocycles. The van der Waals surface area contributed by atoms with Crippen LogP contribution in [0.5, 0.6) is 5.75 Å². The lowest BCUT2D eigenvalue weighted by molar-refractivity contribution is -0.668. The van der Waals surface area contributed by atoms with Crippen molar-refractivity contribution in [1.82, 2.24) is 0 Å². The predicted octanol–water partition coefficient (Wildman–Crippen LogP) is 2.62. The van der Waals surface area contributed by atoms with E-state index in [2.05, 4.69) is 4.85 Å². The van der Waals surface area contributed by atoms with Gasteiger partial charge in [0, 0.05) is 30.3 Å². The SMILES string of the molecule is [C-]#[N+]c1ccc2sc(/C=C3\Oc4ccc(C(C)=O)cc4N3CCS(=O)(=O)[O-])[n+](CCCS(=O)(=O)[O-])c2c1. The van der Waals surface area contributed by atoms with E-state index in [0.717, 1.165) is 4.70 Å². The van der Waals surface area contributed by atoms with Gasteiger partial charge in [0.2, 0.25) is 11.4 Å². The van der Waals surface area contributed by atoms with Gasteiger partial charge in [0.1, 0.15) is 4.70 Å². The average molecular weight is 563 g/mol. The molecule has 2 heterocycles. The van der Waals surface area contributed by atoms with Crippen molar-refractivity contribution in [2.24, 2.45) is 0 Å². The fourth-order valence-corrected chi connectivity index (χ4v) is 5.85. The summed E-state index contributed by atoms with van der Waals surface area (Å²) in [4.78, 5) is 16.8. The van der Waals surface area contributed by atoms with Crippen LogP contribution in [0.4, 0.5) is 11.4 Å². The van der Waals surface area contributed by atoms with Crippen LogP contribution in [0, 0.1) is 6.57 Å². The largest absolute Gasteiger partial charge is 0.748 e. The summed E-state index contributed by atoms with van der Waals surface area (Å²) in [6, 6.07) is 9.74. The number of anilines is 1. The highest BCUT2D eigenvalue weighted by atomic mass is 32.2.